The van der Waals surface area contributed by atoms with Crippen LogP contribution in [0.2, 0.25) is 25.7 Å². The molecule has 0 spiro atoms. The molecule has 0 rings (SSSR count). The fraction of sp³-hybridized carbons (Fsp3) is 0.857. The van der Waals surface area contributed by atoms with Gasteiger partial charge >= 0.3 is 29.6 Å². The van der Waals surface area contributed by atoms with Crippen LogP contribution >= 0.6 is 0 Å². The predicted octanol–water partition coefficient (Wildman–Crippen LogP) is -2.14. The average Bonchev–Trinajstić information content (AvgIpc) is 1.59. The van der Waals surface area contributed by atoms with Gasteiger partial charge in [-0.25, -0.2) is 0 Å². The molecule has 2 nitrogen and oxygen atoms in total. The average molecular weight is 182 g/mol. The van der Waals surface area contributed by atoms with Gasteiger partial charge < -0.3 is 9.90 Å². The van der Waals surface area contributed by atoms with Gasteiger partial charge in [0.15, 0.2) is 0 Å². The Labute approximate surface area is 91.7 Å². The standard InChI is InChI=1S/C7H16O2Si.Na/c1-10(2,3)6-4-5-7(8)9;/h4-6H2,1-3H3,(H,8,9);/q;+1/p-1. The van der Waals surface area contributed by atoms with Gasteiger partial charge in [0.05, 0.1) is 0 Å². The number of rotatable bonds is 4. The van der Waals surface area contributed by atoms with Gasteiger partial charge in [0.25, 0.3) is 0 Å². The Bertz CT molecular complexity index is 120. The Morgan fingerprint density at radius 1 is 1.36 bits per heavy atom. The van der Waals surface area contributed by atoms with Crippen molar-refractivity contribution in [2.45, 2.75) is 38.5 Å². The SMILES string of the molecule is C[Si](C)(C)CCCC(=O)[O-].[Na+]. The molecule has 0 aromatic rings. The van der Waals surface area contributed by atoms with Crippen molar-refractivity contribution in [2.75, 3.05) is 0 Å². The van der Waals surface area contributed by atoms with E-state index in [0.717, 1.165) is 12.5 Å². The van der Waals surface area contributed by atoms with E-state index < -0.39 is 14.0 Å². The first-order valence-electron chi connectivity index (χ1n) is 3.62. The van der Waals surface area contributed by atoms with Crippen molar-refractivity contribution in [3.05, 3.63) is 0 Å². The van der Waals surface area contributed by atoms with Gasteiger partial charge in [-0.3, -0.25) is 0 Å². The van der Waals surface area contributed by atoms with Crippen molar-refractivity contribution >= 4 is 14.0 Å². The second kappa shape index (κ2) is 6.23. The number of hydrogen-bond acceptors (Lipinski definition) is 2. The van der Waals surface area contributed by atoms with E-state index >= 15 is 0 Å². The first-order valence-corrected chi connectivity index (χ1v) is 7.32. The van der Waals surface area contributed by atoms with Crippen LogP contribution in [-0.4, -0.2) is 14.0 Å². The largest absolute Gasteiger partial charge is 1.00 e. The van der Waals surface area contributed by atoms with E-state index in [1.54, 1.807) is 0 Å². The molecule has 0 aromatic carbocycles. The molecule has 11 heavy (non-hydrogen) atoms. The van der Waals surface area contributed by atoms with Gasteiger partial charge in [0, 0.05) is 14.0 Å². The van der Waals surface area contributed by atoms with Crippen molar-refractivity contribution in [2.24, 2.45) is 0 Å². The van der Waals surface area contributed by atoms with Crippen LogP contribution in [0.4, 0.5) is 0 Å². The molecule has 0 saturated carbocycles. The summed E-state index contributed by atoms with van der Waals surface area (Å²) < 4.78 is 0. The minimum atomic E-state index is -1.02. The van der Waals surface area contributed by atoms with E-state index in [1.165, 1.54) is 0 Å². The van der Waals surface area contributed by atoms with Crippen molar-refractivity contribution < 1.29 is 39.5 Å². The maximum atomic E-state index is 9.99. The zero-order chi connectivity index (χ0) is 8.20. The minimum Gasteiger partial charge on any atom is -0.550 e. The summed E-state index contributed by atoms with van der Waals surface area (Å²) >= 11 is 0. The third-order valence-electron chi connectivity index (χ3n) is 1.31. The Morgan fingerprint density at radius 3 is 2.09 bits per heavy atom. The summed E-state index contributed by atoms with van der Waals surface area (Å²) in [6.45, 7) is 6.72. The molecule has 0 aliphatic rings. The number of carboxylic acid groups (broad SMARTS) is 1. The number of carboxylic acids is 1. The molecule has 0 N–H and O–H groups in total. The van der Waals surface area contributed by atoms with Crippen LogP contribution in [-0.2, 0) is 4.79 Å². The van der Waals surface area contributed by atoms with E-state index in [1.807, 2.05) is 0 Å². The van der Waals surface area contributed by atoms with Crippen LogP contribution in [0.25, 0.3) is 0 Å². The normalized spacial score (nSPS) is 10.5. The minimum absolute atomic E-state index is 0. The zero-order valence-corrected chi connectivity index (χ0v) is 10.9. The van der Waals surface area contributed by atoms with Gasteiger partial charge in [-0.1, -0.05) is 32.1 Å². The monoisotopic (exact) mass is 182 g/mol. The van der Waals surface area contributed by atoms with Crippen molar-refractivity contribution in [1.82, 2.24) is 0 Å². The number of aliphatic carboxylic acids is 1. The first kappa shape index (κ1) is 14.2. The Morgan fingerprint density at radius 2 is 1.82 bits per heavy atom. The van der Waals surface area contributed by atoms with Gasteiger partial charge in [-0.15, -0.1) is 0 Å². The molecule has 0 atom stereocenters. The topological polar surface area (TPSA) is 40.1 Å². The molecule has 0 radical (unpaired) electrons. The molecule has 4 heteroatoms. The van der Waals surface area contributed by atoms with Crippen molar-refractivity contribution in [1.29, 1.82) is 0 Å². The van der Waals surface area contributed by atoms with Crippen LogP contribution in [0.15, 0.2) is 0 Å². The smallest absolute Gasteiger partial charge is 0.550 e. The number of carbonyl (C=O) groups is 1. The molecular weight excluding hydrogens is 167 g/mol. The predicted molar refractivity (Wildman–Crippen MR) is 42.4 cm³/mol. The third-order valence-corrected chi connectivity index (χ3v) is 3.16. The third kappa shape index (κ3) is 13.6. The number of hydrogen-bond donors (Lipinski definition) is 0. The molecule has 0 aliphatic carbocycles. The molecule has 0 unspecified atom stereocenters. The summed E-state index contributed by atoms with van der Waals surface area (Å²) in [5.74, 6) is -0.918. The molecule has 0 amide bonds. The molecule has 0 aromatic heterocycles. The van der Waals surface area contributed by atoms with Gasteiger partial charge in [-0.05, 0) is 6.42 Å². The number of carbonyl (C=O) groups excluding carboxylic acids is 1. The molecule has 0 aliphatic heterocycles. The Balaban J connectivity index is 0. The maximum absolute atomic E-state index is 9.99. The van der Waals surface area contributed by atoms with Crippen LogP contribution < -0.4 is 34.7 Å². The van der Waals surface area contributed by atoms with Gasteiger partial charge in [-0.2, -0.15) is 0 Å². The van der Waals surface area contributed by atoms with E-state index in [2.05, 4.69) is 19.6 Å². The fourth-order valence-corrected chi connectivity index (χ4v) is 2.00. The zero-order valence-electron chi connectivity index (χ0n) is 7.94. The van der Waals surface area contributed by atoms with Gasteiger partial charge in [0.1, 0.15) is 0 Å². The summed E-state index contributed by atoms with van der Waals surface area (Å²) in [7, 11) is -1.02. The summed E-state index contributed by atoms with van der Waals surface area (Å²) in [4.78, 5) is 9.99. The quantitative estimate of drug-likeness (QED) is 0.466. The summed E-state index contributed by atoms with van der Waals surface area (Å²) in [6, 6.07) is 1.08. The van der Waals surface area contributed by atoms with E-state index in [4.69, 9.17) is 0 Å². The molecule has 0 fully saturated rings. The fourth-order valence-electron chi connectivity index (χ4n) is 0.763. The van der Waals surface area contributed by atoms with Gasteiger partial charge in [0.2, 0.25) is 0 Å². The van der Waals surface area contributed by atoms with Crippen molar-refractivity contribution in [3.63, 3.8) is 0 Å². The van der Waals surface area contributed by atoms with E-state index in [0.29, 0.717) is 0 Å². The molecule has 0 saturated heterocycles. The second-order valence-corrected chi connectivity index (χ2v) is 9.41. The van der Waals surface area contributed by atoms with Crippen LogP contribution in [0.3, 0.4) is 0 Å². The Hall–Kier alpha value is 0.687. The second-order valence-electron chi connectivity index (χ2n) is 3.79. The molecule has 0 heterocycles. The summed E-state index contributed by atoms with van der Waals surface area (Å²) in [5, 5.41) is 9.99. The molecular formula is C7H15NaO2Si. The van der Waals surface area contributed by atoms with E-state index in [-0.39, 0.29) is 36.0 Å². The summed E-state index contributed by atoms with van der Waals surface area (Å²) in [6.07, 6.45) is 1.02. The summed E-state index contributed by atoms with van der Waals surface area (Å²) in [5.41, 5.74) is 0. The van der Waals surface area contributed by atoms with Crippen LogP contribution in [0, 0.1) is 0 Å². The first-order chi connectivity index (χ1) is 4.42. The molecule has 60 valence electrons. The van der Waals surface area contributed by atoms with Crippen LogP contribution in [0.1, 0.15) is 12.8 Å². The van der Waals surface area contributed by atoms with Crippen LogP contribution in [0.5, 0.6) is 0 Å². The Kier molecular flexibility index (Phi) is 8.06. The molecule has 0 bridgehead atoms. The van der Waals surface area contributed by atoms with Crippen molar-refractivity contribution in [3.8, 4) is 0 Å². The maximum Gasteiger partial charge on any atom is 1.00 e. The van der Waals surface area contributed by atoms with E-state index in [9.17, 15) is 9.90 Å².